The first kappa shape index (κ1) is 16.1. The zero-order valence-corrected chi connectivity index (χ0v) is 14.2. The lowest BCUT2D eigenvalue weighted by atomic mass is 9.97. The first-order valence-corrected chi connectivity index (χ1v) is 8.02. The molecule has 3 rings (SSSR count). The predicted octanol–water partition coefficient (Wildman–Crippen LogP) is 4.90. The standard InChI is InChI=1S/C21H21NO2/c1-14-6-4-5-7-20(14)22-21(23)15(2)16-8-9-18-13-19(24-3)11-10-17(18)12-16/h4-13,15H,1-3H3,(H,22,23). The van der Waals surface area contributed by atoms with E-state index in [-0.39, 0.29) is 11.8 Å². The van der Waals surface area contributed by atoms with E-state index < -0.39 is 0 Å². The Hall–Kier alpha value is -2.81. The maximum absolute atomic E-state index is 12.6. The van der Waals surface area contributed by atoms with E-state index in [2.05, 4.69) is 11.4 Å². The highest BCUT2D eigenvalue weighted by molar-refractivity contribution is 5.97. The average molecular weight is 319 g/mol. The molecule has 0 heterocycles. The van der Waals surface area contributed by atoms with Crippen LogP contribution in [0.25, 0.3) is 10.8 Å². The monoisotopic (exact) mass is 319 g/mol. The maximum atomic E-state index is 12.6. The van der Waals surface area contributed by atoms with Crippen LogP contribution in [0.5, 0.6) is 5.75 Å². The lowest BCUT2D eigenvalue weighted by molar-refractivity contribution is -0.117. The second-order valence-electron chi connectivity index (χ2n) is 6.00. The molecule has 0 aliphatic carbocycles. The Morgan fingerprint density at radius 2 is 1.71 bits per heavy atom. The summed E-state index contributed by atoms with van der Waals surface area (Å²) in [5.41, 5.74) is 2.92. The van der Waals surface area contributed by atoms with Gasteiger partial charge in [-0.05, 0) is 53.9 Å². The van der Waals surface area contributed by atoms with Crippen molar-refractivity contribution in [3.05, 3.63) is 71.8 Å². The molecule has 3 nitrogen and oxygen atoms in total. The third-order valence-electron chi connectivity index (χ3n) is 4.37. The Morgan fingerprint density at radius 1 is 1.00 bits per heavy atom. The van der Waals surface area contributed by atoms with Crippen LogP contribution in [-0.2, 0) is 4.79 Å². The van der Waals surface area contributed by atoms with Crippen molar-refractivity contribution in [3.8, 4) is 5.75 Å². The van der Waals surface area contributed by atoms with E-state index in [0.717, 1.165) is 33.3 Å². The number of aryl methyl sites for hydroxylation is 1. The summed E-state index contributed by atoms with van der Waals surface area (Å²) in [6.07, 6.45) is 0. The van der Waals surface area contributed by atoms with Gasteiger partial charge in [-0.2, -0.15) is 0 Å². The molecule has 1 N–H and O–H groups in total. The van der Waals surface area contributed by atoms with Gasteiger partial charge in [-0.25, -0.2) is 0 Å². The second-order valence-corrected chi connectivity index (χ2v) is 6.00. The number of rotatable bonds is 4. The molecule has 0 radical (unpaired) electrons. The fourth-order valence-electron chi connectivity index (χ4n) is 2.74. The van der Waals surface area contributed by atoms with Gasteiger partial charge in [0.25, 0.3) is 0 Å². The fraction of sp³-hybridized carbons (Fsp3) is 0.190. The van der Waals surface area contributed by atoms with Crippen molar-refractivity contribution in [3.63, 3.8) is 0 Å². The Kier molecular flexibility index (Phi) is 4.52. The number of amides is 1. The van der Waals surface area contributed by atoms with Gasteiger partial charge in [0.1, 0.15) is 5.75 Å². The minimum absolute atomic E-state index is 0.00263. The summed E-state index contributed by atoms with van der Waals surface area (Å²) < 4.78 is 5.25. The summed E-state index contributed by atoms with van der Waals surface area (Å²) in [5.74, 6) is 0.605. The molecule has 1 unspecified atom stereocenters. The van der Waals surface area contributed by atoms with Gasteiger partial charge >= 0.3 is 0 Å². The quantitative estimate of drug-likeness (QED) is 0.743. The van der Waals surface area contributed by atoms with Crippen molar-refractivity contribution >= 4 is 22.4 Å². The van der Waals surface area contributed by atoms with Gasteiger partial charge in [0.05, 0.1) is 13.0 Å². The first-order valence-electron chi connectivity index (χ1n) is 8.02. The van der Waals surface area contributed by atoms with Gasteiger partial charge in [-0.3, -0.25) is 4.79 Å². The van der Waals surface area contributed by atoms with E-state index in [0.29, 0.717) is 0 Å². The van der Waals surface area contributed by atoms with Gasteiger partial charge < -0.3 is 10.1 Å². The lowest BCUT2D eigenvalue weighted by Gasteiger charge is -2.15. The molecule has 0 aliphatic heterocycles. The lowest BCUT2D eigenvalue weighted by Crippen LogP contribution is -2.19. The zero-order valence-electron chi connectivity index (χ0n) is 14.2. The molecule has 0 bridgehead atoms. The normalized spacial score (nSPS) is 12.0. The molecule has 1 amide bonds. The highest BCUT2D eigenvalue weighted by Gasteiger charge is 2.16. The van der Waals surface area contributed by atoms with E-state index in [1.54, 1.807) is 7.11 Å². The number of para-hydroxylation sites is 1. The minimum atomic E-state index is -0.226. The molecule has 1 atom stereocenters. The molecule has 3 aromatic carbocycles. The number of anilines is 1. The van der Waals surface area contributed by atoms with Crippen molar-refractivity contribution in [1.29, 1.82) is 0 Å². The van der Waals surface area contributed by atoms with Crippen molar-refractivity contribution in [2.45, 2.75) is 19.8 Å². The van der Waals surface area contributed by atoms with E-state index in [1.165, 1.54) is 0 Å². The molecule has 24 heavy (non-hydrogen) atoms. The minimum Gasteiger partial charge on any atom is -0.497 e. The molecule has 0 spiro atoms. The number of carbonyl (C=O) groups is 1. The highest BCUT2D eigenvalue weighted by atomic mass is 16.5. The molecule has 3 heteroatoms. The van der Waals surface area contributed by atoms with Crippen LogP contribution in [0.2, 0.25) is 0 Å². The number of hydrogen-bond donors (Lipinski definition) is 1. The van der Waals surface area contributed by atoms with Crippen LogP contribution in [0, 0.1) is 6.92 Å². The molecule has 0 fully saturated rings. The SMILES string of the molecule is COc1ccc2cc(C(C)C(=O)Nc3ccccc3C)ccc2c1. The Morgan fingerprint density at radius 3 is 2.46 bits per heavy atom. The predicted molar refractivity (Wildman–Crippen MR) is 98.7 cm³/mol. The van der Waals surface area contributed by atoms with Crippen LogP contribution < -0.4 is 10.1 Å². The number of carbonyl (C=O) groups excluding carboxylic acids is 1. The summed E-state index contributed by atoms with van der Waals surface area (Å²) in [4.78, 5) is 12.6. The fourth-order valence-corrected chi connectivity index (χ4v) is 2.74. The van der Waals surface area contributed by atoms with Crippen molar-refractivity contribution < 1.29 is 9.53 Å². The topological polar surface area (TPSA) is 38.3 Å². The van der Waals surface area contributed by atoms with Crippen molar-refractivity contribution in [2.24, 2.45) is 0 Å². The second kappa shape index (κ2) is 6.75. The van der Waals surface area contributed by atoms with Crippen LogP contribution in [-0.4, -0.2) is 13.0 Å². The van der Waals surface area contributed by atoms with E-state index in [1.807, 2.05) is 68.4 Å². The third-order valence-corrected chi connectivity index (χ3v) is 4.37. The Labute approximate surface area is 142 Å². The van der Waals surface area contributed by atoms with Crippen molar-refractivity contribution in [1.82, 2.24) is 0 Å². The van der Waals surface area contributed by atoms with Crippen molar-refractivity contribution in [2.75, 3.05) is 12.4 Å². The summed E-state index contributed by atoms with van der Waals surface area (Å²) in [6, 6.07) is 19.9. The molecular formula is C21H21NO2. The molecule has 122 valence electrons. The number of hydrogen-bond acceptors (Lipinski definition) is 2. The molecule has 3 aromatic rings. The highest BCUT2D eigenvalue weighted by Crippen LogP contribution is 2.26. The number of methoxy groups -OCH3 is 1. The maximum Gasteiger partial charge on any atom is 0.231 e. The van der Waals surface area contributed by atoms with Crippen LogP contribution >= 0.6 is 0 Å². The molecular weight excluding hydrogens is 298 g/mol. The van der Waals surface area contributed by atoms with E-state index in [9.17, 15) is 4.79 Å². The van der Waals surface area contributed by atoms with Gasteiger partial charge in [0, 0.05) is 5.69 Å². The summed E-state index contributed by atoms with van der Waals surface area (Å²) >= 11 is 0. The van der Waals surface area contributed by atoms with Gasteiger partial charge in [0.15, 0.2) is 0 Å². The van der Waals surface area contributed by atoms with Crippen LogP contribution in [0.15, 0.2) is 60.7 Å². The molecule has 0 aromatic heterocycles. The number of fused-ring (bicyclic) bond motifs is 1. The summed E-state index contributed by atoms with van der Waals surface area (Å²) in [6.45, 7) is 3.92. The number of nitrogens with one attached hydrogen (secondary N) is 1. The van der Waals surface area contributed by atoms with Crippen LogP contribution in [0.4, 0.5) is 5.69 Å². The van der Waals surface area contributed by atoms with Crippen LogP contribution in [0.3, 0.4) is 0 Å². The van der Waals surface area contributed by atoms with E-state index in [4.69, 9.17) is 4.74 Å². The zero-order chi connectivity index (χ0) is 17.1. The smallest absolute Gasteiger partial charge is 0.231 e. The Bertz CT molecular complexity index is 886. The van der Waals surface area contributed by atoms with Crippen LogP contribution in [0.1, 0.15) is 24.0 Å². The molecule has 0 saturated heterocycles. The average Bonchev–Trinajstić information content (AvgIpc) is 2.62. The summed E-state index contributed by atoms with van der Waals surface area (Å²) in [7, 11) is 1.66. The first-order chi connectivity index (χ1) is 11.6. The Balaban J connectivity index is 1.83. The summed E-state index contributed by atoms with van der Waals surface area (Å²) in [5, 5.41) is 5.22. The van der Waals surface area contributed by atoms with E-state index >= 15 is 0 Å². The number of ether oxygens (including phenoxy) is 1. The van der Waals surface area contributed by atoms with Gasteiger partial charge in [-0.15, -0.1) is 0 Å². The van der Waals surface area contributed by atoms with Gasteiger partial charge in [-0.1, -0.05) is 42.5 Å². The molecule has 0 saturated carbocycles. The van der Waals surface area contributed by atoms with Gasteiger partial charge in [0.2, 0.25) is 5.91 Å². The molecule has 0 aliphatic rings. The number of benzene rings is 3. The largest absolute Gasteiger partial charge is 0.497 e. The third kappa shape index (κ3) is 3.25.